The Morgan fingerprint density at radius 1 is 1.07 bits per heavy atom. The van der Waals surface area contributed by atoms with Gasteiger partial charge in [0.25, 0.3) is 5.91 Å². The Hall–Kier alpha value is -2.89. The molecule has 3 aromatic rings. The predicted molar refractivity (Wildman–Crippen MR) is 112 cm³/mol. The van der Waals surface area contributed by atoms with E-state index >= 15 is 0 Å². The molecule has 6 heteroatoms. The molecule has 0 aliphatic rings. The summed E-state index contributed by atoms with van der Waals surface area (Å²) < 4.78 is 3.74. The summed E-state index contributed by atoms with van der Waals surface area (Å²) in [7, 11) is 0. The first-order chi connectivity index (χ1) is 13.0. The minimum absolute atomic E-state index is 0.0931. The molecule has 28 heavy (non-hydrogen) atoms. The van der Waals surface area contributed by atoms with Crippen LogP contribution < -0.4 is 5.32 Å². The number of rotatable bonds is 4. The molecule has 0 saturated carbocycles. The second kappa shape index (κ2) is 7.26. The molecule has 0 fully saturated rings. The molecule has 148 valence electrons. The summed E-state index contributed by atoms with van der Waals surface area (Å²) in [5.74, 6) is 0.569. The lowest BCUT2D eigenvalue weighted by molar-refractivity contribution is 0.102. The Balaban J connectivity index is 1.79. The maximum Gasteiger partial charge on any atom is 0.256 e. The number of benzene rings is 1. The van der Waals surface area contributed by atoms with Crippen LogP contribution in [0.3, 0.4) is 0 Å². The van der Waals surface area contributed by atoms with E-state index in [1.165, 1.54) is 0 Å². The summed E-state index contributed by atoms with van der Waals surface area (Å²) in [5, 5.41) is 12.0. The maximum atomic E-state index is 12.8. The lowest BCUT2D eigenvalue weighted by atomic mass is 9.92. The largest absolute Gasteiger partial charge is 0.307 e. The standard InChI is InChI=1S/C22H29N5O/c1-21(2,3)18-14-19(27(25-18)22(4,5)6)24-20(28)17-10-8-16(9-11-17)15-26-13-7-12-23-26/h7-14H,15H2,1-6H3,(H,24,28). The number of amides is 1. The Labute approximate surface area is 166 Å². The van der Waals surface area contributed by atoms with Gasteiger partial charge in [0, 0.05) is 29.4 Å². The summed E-state index contributed by atoms with van der Waals surface area (Å²) in [6.07, 6.45) is 3.67. The Kier molecular flexibility index (Phi) is 5.15. The summed E-state index contributed by atoms with van der Waals surface area (Å²) >= 11 is 0. The molecule has 0 saturated heterocycles. The number of hydrogen-bond donors (Lipinski definition) is 1. The highest BCUT2D eigenvalue weighted by Crippen LogP contribution is 2.28. The summed E-state index contributed by atoms with van der Waals surface area (Å²) in [4.78, 5) is 12.8. The van der Waals surface area contributed by atoms with Crippen LogP contribution in [0.4, 0.5) is 5.82 Å². The van der Waals surface area contributed by atoms with Gasteiger partial charge in [0.2, 0.25) is 0 Å². The first kappa shape index (κ1) is 19.9. The second-order valence-electron chi connectivity index (χ2n) is 9.10. The third-order valence-corrected chi connectivity index (χ3v) is 4.47. The Morgan fingerprint density at radius 3 is 2.29 bits per heavy atom. The number of aromatic nitrogens is 4. The van der Waals surface area contributed by atoms with Gasteiger partial charge >= 0.3 is 0 Å². The van der Waals surface area contributed by atoms with Crippen molar-refractivity contribution < 1.29 is 4.79 Å². The van der Waals surface area contributed by atoms with E-state index in [0.717, 1.165) is 11.3 Å². The molecule has 1 aromatic carbocycles. The van der Waals surface area contributed by atoms with Gasteiger partial charge in [-0.1, -0.05) is 32.9 Å². The summed E-state index contributed by atoms with van der Waals surface area (Å²) in [5.41, 5.74) is 2.33. The van der Waals surface area contributed by atoms with Crippen molar-refractivity contribution in [1.82, 2.24) is 19.6 Å². The molecule has 6 nitrogen and oxygen atoms in total. The van der Waals surface area contributed by atoms with Crippen molar-refractivity contribution in [2.75, 3.05) is 5.32 Å². The van der Waals surface area contributed by atoms with Crippen molar-refractivity contribution in [2.45, 2.75) is 59.0 Å². The van der Waals surface area contributed by atoms with Crippen molar-refractivity contribution >= 4 is 11.7 Å². The lowest BCUT2D eigenvalue weighted by Gasteiger charge is -2.23. The van der Waals surface area contributed by atoms with Gasteiger partial charge in [-0.25, -0.2) is 4.68 Å². The Bertz CT molecular complexity index is 938. The van der Waals surface area contributed by atoms with E-state index in [2.05, 4.69) is 52.0 Å². The highest BCUT2D eigenvalue weighted by molar-refractivity contribution is 6.03. The van der Waals surface area contributed by atoms with E-state index in [9.17, 15) is 4.79 Å². The molecular formula is C22H29N5O. The average Bonchev–Trinajstić information content (AvgIpc) is 3.24. The van der Waals surface area contributed by atoms with E-state index in [-0.39, 0.29) is 16.9 Å². The Morgan fingerprint density at radius 2 is 1.75 bits per heavy atom. The molecule has 0 spiro atoms. The lowest BCUT2D eigenvalue weighted by Crippen LogP contribution is -2.27. The van der Waals surface area contributed by atoms with Crippen LogP contribution in [0.25, 0.3) is 0 Å². The van der Waals surface area contributed by atoms with Crippen LogP contribution in [0.5, 0.6) is 0 Å². The highest BCUT2D eigenvalue weighted by Gasteiger charge is 2.26. The van der Waals surface area contributed by atoms with Gasteiger partial charge in [-0.2, -0.15) is 10.2 Å². The molecule has 0 bridgehead atoms. The number of nitrogens with one attached hydrogen (secondary N) is 1. The molecule has 1 amide bonds. The first-order valence-electron chi connectivity index (χ1n) is 9.53. The van der Waals surface area contributed by atoms with Crippen LogP contribution in [0, 0.1) is 0 Å². The number of anilines is 1. The SMILES string of the molecule is CC(C)(C)c1cc(NC(=O)c2ccc(Cn3cccn3)cc2)n(C(C)(C)C)n1. The van der Waals surface area contributed by atoms with Crippen molar-refractivity contribution in [2.24, 2.45) is 0 Å². The zero-order chi connectivity index (χ0) is 20.5. The van der Waals surface area contributed by atoms with Gasteiger partial charge < -0.3 is 5.32 Å². The van der Waals surface area contributed by atoms with Crippen LogP contribution in [0.2, 0.25) is 0 Å². The topological polar surface area (TPSA) is 64.7 Å². The van der Waals surface area contributed by atoms with Gasteiger partial charge in [0.1, 0.15) is 5.82 Å². The highest BCUT2D eigenvalue weighted by atomic mass is 16.1. The molecule has 2 aromatic heterocycles. The minimum Gasteiger partial charge on any atom is -0.307 e. The van der Waals surface area contributed by atoms with Crippen LogP contribution in [-0.4, -0.2) is 25.5 Å². The molecule has 2 heterocycles. The molecule has 0 radical (unpaired) electrons. The van der Waals surface area contributed by atoms with E-state index in [0.29, 0.717) is 17.9 Å². The number of carbonyl (C=O) groups excluding carboxylic acids is 1. The smallest absolute Gasteiger partial charge is 0.256 e. The maximum absolute atomic E-state index is 12.8. The zero-order valence-corrected chi connectivity index (χ0v) is 17.5. The van der Waals surface area contributed by atoms with E-state index in [4.69, 9.17) is 5.10 Å². The zero-order valence-electron chi connectivity index (χ0n) is 17.5. The normalized spacial score (nSPS) is 12.2. The van der Waals surface area contributed by atoms with Gasteiger partial charge in [-0.05, 0) is 44.5 Å². The minimum atomic E-state index is -0.236. The fourth-order valence-electron chi connectivity index (χ4n) is 2.88. The van der Waals surface area contributed by atoms with E-state index < -0.39 is 0 Å². The van der Waals surface area contributed by atoms with Crippen molar-refractivity contribution in [3.8, 4) is 0 Å². The second-order valence-corrected chi connectivity index (χ2v) is 9.10. The average molecular weight is 380 g/mol. The van der Waals surface area contributed by atoms with Crippen LogP contribution in [0.15, 0.2) is 48.8 Å². The number of hydrogen-bond acceptors (Lipinski definition) is 3. The van der Waals surface area contributed by atoms with Crippen LogP contribution >= 0.6 is 0 Å². The monoisotopic (exact) mass is 379 g/mol. The fourth-order valence-corrected chi connectivity index (χ4v) is 2.88. The van der Waals surface area contributed by atoms with Gasteiger partial charge in [0.05, 0.1) is 17.8 Å². The first-order valence-corrected chi connectivity index (χ1v) is 9.53. The summed E-state index contributed by atoms with van der Waals surface area (Å²) in [6.45, 7) is 13.3. The van der Waals surface area contributed by atoms with Gasteiger partial charge in [0.15, 0.2) is 0 Å². The van der Waals surface area contributed by atoms with Crippen molar-refractivity contribution in [3.63, 3.8) is 0 Å². The van der Waals surface area contributed by atoms with E-state index in [1.807, 2.05) is 52.0 Å². The van der Waals surface area contributed by atoms with Gasteiger partial charge in [-0.3, -0.25) is 9.48 Å². The molecule has 0 aliphatic heterocycles. The van der Waals surface area contributed by atoms with E-state index in [1.54, 1.807) is 6.20 Å². The van der Waals surface area contributed by atoms with Crippen LogP contribution in [-0.2, 0) is 17.5 Å². The third kappa shape index (κ3) is 4.50. The fraction of sp³-hybridized carbons (Fsp3) is 0.409. The van der Waals surface area contributed by atoms with Gasteiger partial charge in [-0.15, -0.1) is 0 Å². The quantitative estimate of drug-likeness (QED) is 0.729. The molecule has 0 unspecified atom stereocenters. The molecule has 0 aliphatic carbocycles. The van der Waals surface area contributed by atoms with Crippen molar-refractivity contribution in [3.05, 3.63) is 65.6 Å². The molecular weight excluding hydrogens is 350 g/mol. The number of carbonyl (C=O) groups is 1. The molecule has 1 N–H and O–H groups in total. The number of nitrogens with zero attached hydrogens (tertiary/aromatic N) is 4. The molecule has 3 rings (SSSR count). The third-order valence-electron chi connectivity index (χ3n) is 4.47. The summed E-state index contributed by atoms with van der Waals surface area (Å²) in [6, 6.07) is 11.5. The predicted octanol–water partition coefficient (Wildman–Crippen LogP) is 4.43. The van der Waals surface area contributed by atoms with Crippen LogP contribution in [0.1, 0.15) is 63.2 Å². The van der Waals surface area contributed by atoms with Crippen molar-refractivity contribution in [1.29, 1.82) is 0 Å². The molecule has 0 atom stereocenters.